The van der Waals surface area contributed by atoms with Gasteiger partial charge >= 0.3 is 0 Å². The van der Waals surface area contributed by atoms with Crippen LogP contribution in [0.4, 0.5) is 0 Å². The molecular weight excluding hydrogens is 252 g/mol. The van der Waals surface area contributed by atoms with Crippen molar-refractivity contribution in [3.8, 4) is 0 Å². The molecule has 1 aliphatic rings. The number of carbonyl (C=O) groups excluding carboxylic acids is 1. The van der Waals surface area contributed by atoms with Crippen LogP contribution in [0.1, 0.15) is 59.3 Å². The van der Waals surface area contributed by atoms with Crippen LogP contribution in [0.3, 0.4) is 0 Å². The summed E-state index contributed by atoms with van der Waals surface area (Å²) in [6.45, 7) is 7.68. The van der Waals surface area contributed by atoms with Crippen molar-refractivity contribution < 1.29 is 9.90 Å². The van der Waals surface area contributed by atoms with Crippen molar-refractivity contribution in [1.29, 1.82) is 0 Å². The van der Waals surface area contributed by atoms with E-state index in [4.69, 9.17) is 5.11 Å². The lowest BCUT2D eigenvalue weighted by atomic mass is 9.87. The summed E-state index contributed by atoms with van der Waals surface area (Å²) in [7, 11) is 0. The second-order valence-corrected chi connectivity index (χ2v) is 6.19. The largest absolute Gasteiger partial charge is 0.395 e. The molecular formula is C16H32N2O2. The molecule has 0 saturated heterocycles. The van der Waals surface area contributed by atoms with Crippen LogP contribution in [0.2, 0.25) is 0 Å². The smallest absolute Gasteiger partial charge is 0.234 e. The minimum atomic E-state index is 0.116. The Morgan fingerprint density at radius 2 is 1.85 bits per heavy atom. The van der Waals surface area contributed by atoms with Gasteiger partial charge in [0.25, 0.3) is 0 Å². The number of hydrogen-bond donors (Lipinski definition) is 2. The SMILES string of the molecule is CCC(CC)N(CCO)CC(=O)NC1CCC(C)CC1. The molecule has 20 heavy (non-hydrogen) atoms. The summed E-state index contributed by atoms with van der Waals surface area (Å²) >= 11 is 0. The number of hydrogen-bond acceptors (Lipinski definition) is 3. The third-order valence-corrected chi connectivity index (χ3v) is 4.57. The summed E-state index contributed by atoms with van der Waals surface area (Å²) in [5.41, 5.74) is 0. The Morgan fingerprint density at radius 3 is 2.35 bits per heavy atom. The highest BCUT2D eigenvalue weighted by molar-refractivity contribution is 5.78. The summed E-state index contributed by atoms with van der Waals surface area (Å²) in [5.74, 6) is 0.920. The third-order valence-electron chi connectivity index (χ3n) is 4.57. The van der Waals surface area contributed by atoms with Gasteiger partial charge in [0.1, 0.15) is 0 Å². The first kappa shape index (κ1) is 17.4. The minimum Gasteiger partial charge on any atom is -0.395 e. The van der Waals surface area contributed by atoms with Crippen molar-refractivity contribution in [3.05, 3.63) is 0 Å². The first-order valence-electron chi connectivity index (χ1n) is 8.24. The van der Waals surface area contributed by atoms with E-state index in [1.165, 1.54) is 12.8 Å². The highest BCUT2D eigenvalue weighted by atomic mass is 16.3. The van der Waals surface area contributed by atoms with Gasteiger partial charge < -0.3 is 10.4 Å². The van der Waals surface area contributed by atoms with Gasteiger partial charge in [0.15, 0.2) is 0 Å². The van der Waals surface area contributed by atoms with Crippen molar-refractivity contribution in [3.63, 3.8) is 0 Å². The number of aliphatic hydroxyl groups excluding tert-OH is 1. The predicted molar refractivity (Wildman–Crippen MR) is 82.6 cm³/mol. The fourth-order valence-electron chi connectivity index (χ4n) is 3.19. The molecule has 1 amide bonds. The molecule has 1 aliphatic carbocycles. The monoisotopic (exact) mass is 284 g/mol. The van der Waals surface area contributed by atoms with E-state index < -0.39 is 0 Å². The number of nitrogens with one attached hydrogen (secondary N) is 1. The molecule has 0 aliphatic heterocycles. The fourth-order valence-corrected chi connectivity index (χ4v) is 3.19. The molecule has 0 aromatic heterocycles. The zero-order chi connectivity index (χ0) is 15.0. The maximum atomic E-state index is 12.2. The van der Waals surface area contributed by atoms with Crippen molar-refractivity contribution in [1.82, 2.24) is 10.2 Å². The third kappa shape index (κ3) is 5.80. The maximum Gasteiger partial charge on any atom is 0.234 e. The molecule has 0 bridgehead atoms. The summed E-state index contributed by atoms with van der Waals surface area (Å²) < 4.78 is 0. The molecule has 0 unspecified atom stereocenters. The van der Waals surface area contributed by atoms with E-state index in [0.29, 0.717) is 25.2 Å². The van der Waals surface area contributed by atoms with E-state index in [9.17, 15) is 4.79 Å². The van der Waals surface area contributed by atoms with Crippen LogP contribution in [0.5, 0.6) is 0 Å². The first-order chi connectivity index (χ1) is 9.60. The molecule has 2 N–H and O–H groups in total. The van der Waals surface area contributed by atoms with Crippen LogP contribution >= 0.6 is 0 Å². The Morgan fingerprint density at radius 1 is 1.25 bits per heavy atom. The van der Waals surface area contributed by atoms with Gasteiger partial charge in [0.05, 0.1) is 13.2 Å². The number of nitrogens with zero attached hydrogens (tertiary/aromatic N) is 1. The average molecular weight is 284 g/mol. The van der Waals surface area contributed by atoms with Gasteiger partial charge in [-0.1, -0.05) is 20.8 Å². The molecule has 0 spiro atoms. The number of aliphatic hydroxyl groups is 1. The lowest BCUT2D eigenvalue weighted by molar-refractivity contribution is -0.124. The molecule has 1 fully saturated rings. The zero-order valence-electron chi connectivity index (χ0n) is 13.4. The lowest BCUT2D eigenvalue weighted by Gasteiger charge is -2.31. The highest BCUT2D eigenvalue weighted by Gasteiger charge is 2.22. The van der Waals surface area contributed by atoms with E-state index in [1.54, 1.807) is 0 Å². The maximum absolute atomic E-state index is 12.2. The van der Waals surface area contributed by atoms with Crippen molar-refractivity contribution in [2.75, 3.05) is 19.7 Å². The second kappa shape index (κ2) is 9.35. The van der Waals surface area contributed by atoms with E-state index in [1.807, 2.05) is 0 Å². The van der Waals surface area contributed by atoms with Crippen molar-refractivity contribution >= 4 is 5.91 Å². The zero-order valence-corrected chi connectivity index (χ0v) is 13.4. The normalized spacial score (nSPS) is 23.3. The minimum absolute atomic E-state index is 0.116. The topological polar surface area (TPSA) is 52.6 Å². The van der Waals surface area contributed by atoms with Crippen LogP contribution in [-0.4, -0.2) is 47.7 Å². The fraction of sp³-hybridized carbons (Fsp3) is 0.938. The number of rotatable bonds is 8. The van der Waals surface area contributed by atoms with Crippen molar-refractivity contribution in [2.24, 2.45) is 5.92 Å². The average Bonchev–Trinajstić information content (AvgIpc) is 2.43. The summed E-state index contributed by atoms with van der Waals surface area (Å²) in [4.78, 5) is 14.3. The standard InChI is InChI=1S/C16H32N2O2/c1-4-15(5-2)18(10-11-19)12-16(20)17-14-8-6-13(3)7-9-14/h13-15,19H,4-12H2,1-3H3,(H,17,20). The van der Waals surface area contributed by atoms with Crippen LogP contribution in [-0.2, 0) is 4.79 Å². The van der Waals surface area contributed by atoms with Gasteiger partial charge in [0.2, 0.25) is 5.91 Å². The first-order valence-corrected chi connectivity index (χ1v) is 8.24. The van der Waals surface area contributed by atoms with Gasteiger partial charge in [-0.05, 0) is 44.4 Å². The Labute approximate surface area is 123 Å². The Bertz CT molecular complexity index is 272. The number of amides is 1. The molecule has 118 valence electrons. The van der Waals surface area contributed by atoms with E-state index in [-0.39, 0.29) is 12.5 Å². The molecule has 0 radical (unpaired) electrons. The summed E-state index contributed by atoms with van der Waals surface area (Å²) in [6.07, 6.45) is 6.70. The Hall–Kier alpha value is -0.610. The molecule has 4 nitrogen and oxygen atoms in total. The van der Waals surface area contributed by atoms with Gasteiger partial charge in [-0.25, -0.2) is 0 Å². The highest BCUT2D eigenvalue weighted by Crippen LogP contribution is 2.23. The molecule has 1 saturated carbocycles. The van der Waals surface area contributed by atoms with Crippen LogP contribution in [0, 0.1) is 5.92 Å². The van der Waals surface area contributed by atoms with Gasteiger partial charge in [-0.15, -0.1) is 0 Å². The summed E-state index contributed by atoms with van der Waals surface area (Å²) in [6, 6.07) is 0.746. The van der Waals surface area contributed by atoms with Crippen LogP contribution in [0.15, 0.2) is 0 Å². The molecule has 0 aromatic rings. The number of carbonyl (C=O) groups is 1. The summed E-state index contributed by atoms with van der Waals surface area (Å²) in [5, 5.41) is 12.3. The lowest BCUT2D eigenvalue weighted by Crippen LogP contribution is -2.47. The predicted octanol–water partition coefficient (Wildman–Crippen LogP) is 2.16. The van der Waals surface area contributed by atoms with Crippen molar-refractivity contribution in [2.45, 2.75) is 71.4 Å². The Balaban J connectivity index is 2.41. The van der Waals surface area contributed by atoms with E-state index >= 15 is 0 Å². The van der Waals surface area contributed by atoms with E-state index in [0.717, 1.165) is 31.6 Å². The molecule has 4 heteroatoms. The molecule has 1 rings (SSSR count). The quantitative estimate of drug-likeness (QED) is 0.718. The van der Waals surface area contributed by atoms with Crippen LogP contribution < -0.4 is 5.32 Å². The second-order valence-electron chi connectivity index (χ2n) is 6.19. The van der Waals surface area contributed by atoms with Gasteiger partial charge in [0, 0.05) is 18.6 Å². The Kier molecular flexibility index (Phi) is 8.15. The van der Waals surface area contributed by atoms with E-state index in [2.05, 4.69) is 31.0 Å². The molecule has 0 heterocycles. The van der Waals surface area contributed by atoms with Gasteiger partial charge in [-0.2, -0.15) is 0 Å². The van der Waals surface area contributed by atoms with Crippen LogP contribution in [0.25, 0.3) is 0 Å². The molecule has 0 atom stereocenters. The molecule has 0 aromatic carbocycles. The van der Waals surface area contributed by atoms with Gasteiger partial charge in [-0.3, -0.25) is 9.69 Å².